The fourth-order valence-corrected chi connectivity index (χ4v) is 0.762. The van der Waals surface area contributed by atoms with Crippen LogP contribution in [0, 0.1) is 0 Å². The Bertz CT molecular complexity index is 111. The zero-order valence-corrected chi connectivity index (χ0v) is 5.03. The van der Waals surface area contributed by atoms with Gasteiger partial charge in [0.2, 0.25) is 0 Å². The number of ether oxygens (including phenoxy) is 1. The first kappa shape index (κ1) is 6.74. The van der Waals surface area contributed by atoms with Crippen LogP contribution in [0.4, 0.5) is 0 Å². The average molecular weight is 130 g/mol. The quantitative estimate of drug-likeness (QED) is 0.477. The van der Waals surface area contributed by atoms with Crippen LogP contribution in [0.15, 0.2) is 12.2 Å². The van der Waals surface area contributed by atoms with Crippen LogP contribution in [0.5, 0.6) is 0 Å². The highest BCUT2D eigenvalue weighted by molar-refractivity contribution is 4.91. The third-order valence-electron chi connectivity index (χ3n) is 1.24. The van der Waals surface area contributed by atoms with Crippen LogP contribution in [0.25, 0.3) is 0 Å². The van der Waals surface area contributed by atoms with Gasteiger partial charge >= 0.3 is 0 Å². The van der Waals surface area contributed by atoms with Crippen molar-refractivity contribution in [3.05, 3.63) is 12.2 Å². The lowest BCUT2D eigenvalue weighted by Crippen LogP contribution is -2.26. The highest BCUT2D eigenvalue weighted by Crippen LogP contribution is 2.08. The molecule has 0 fully saturated rings. The minimum Gasteiger partial charge on any atom is -0.394 e. The van der Waals surface area contributed by atoms with E-state index in [1.54, 1.807) is 12.2 Å². The maximum Gasteiger partial charge on any atom is 0.174 e. The Morgan fingerprint density at radius 3 is 2.89 bits per heavy atom. The zero-order valence-electron chi connectivity index (χ0n) is 5.03. The molecule has 0 aliphatic carbocycles. The van der Waals surface area contributed by atoms with Gasteiger partial charge in [0.15, 0.2) is 6.29 Å². The second-order valence-corrected chi connectivity index (χ2v) is 2.00. The predicted octanol–water partition coefficient (Wildman–Crippen LogP) is -0.358. The van der Waals surface area contributed by atoms with E-state index >= 15 is 0 Å². The Morgan fingerprint density at radius 2 is 2.44 bits per heavy atom. The van der Waals surface area contributed by atoms with Gasteiger partial charge in [-0.2, -0.15) is 0 Å². The van der Waals surface area contributed by atoms with Crippen molar-refractivity contribution in [1.82, 2.24) is 0 Å². The summed E-state index contributed by atoms with van der Waals surface area (Å²) in [6.07, 6.45) is 3.01. The molecule has 52 valence electrons. The number of hydrogen-bond acceptors (Lipinski definition) is 3. The van der Waals surface area contributed by atoms with Gasteiger partial charge in [0.1, 0.15) is 0 Å². The molecule has 0 amide bonds. The molecule has 0 spiro atoms. The Kier molecular flexibility index (Phi) is 2.22. The van der Waals surface area contributed by atoms with Gasteiger partial charge in [-0.15, -0.1) is 0 Å². The predicted molar refractivity (Wildman–Crippen MR) is 31.7 cm³/mol. The van der Waals surface area contributed by atoms with Crippen molar-refractivity contribution in [1.29, 1.82) is 0 Å². The van der Waals surface area contributed by atoms with Gasteiger partial charge in [-0.25, -0.2) is 0 Å². The molecule has 1 heterocycles. The molecule has 0 aromatic rings. The number of aliphatic hydroxyl groups excluding tert-OH is 2. The molecule has 1 rings (SSSR count). The molecule has 1 unspecified atom stereocenters. The van der Waals surface area contributed by atoms with Gasteiger partial charge in [0, 0.05) is 0 Å². The number of rotatable bonds is 1. The smallest absolute Gasteiger partial charge is 0.174 e. The van der Waals surface area contributed by atoms with Crippen molar-refractivity contribution in [3.8, 4) is 0 Å². The maximum atomic E-state index is 8.79. The van der Waals surface area contributed by atoms with E-state index in [0.29, 0.717) is 6.42 Å². The van der Waals surface area contributed by atoms with E-state index in [1.165, 1.54) is 0 Å². The van der Waals surface area contributed by atoms with Crippen LogP contribution < -0.4 is 0 Å². The van der Waals surface area contributed by atoms with Crippen molar-refractivity contribution >= 4 is 0 Å². The van der Waals surface area contributed by atoms with Gasteiger partial charge in [0.25, 0.3) is 0 Å². The van der Waals surface area contributed by atoms with Crippen molar-refractivity contribution < 1.29 is 14.9 Å². The zero-order chi connectivity index (χ0) is 6.69. The van der Waals surface area contributed by atoms with Gasteiger partial charge in [-0.3, -0.25) is 0 Å². The van der Waals surface area contributed by atoms with Gasteiger partial charge in [-0.05, 0) is 12.5 Å². The molecule has 0 saturated carbocycles. The first-order chi connectivity index (χ1) is 4.33. The van der Waals surface area contributed by atoms with E-state index in [1.807, 2.05) is 0 Å². The van der Waals surface area contributed by atoms with Gasteiger partial charge in [0.05, 0.1) is 12.7 Å². The Morgan fingerprint density at radius 1 is 1.67 bits per heavy atom. The SMILES string of the molecule is OC[C@@H]1CC=CC(O)O1. The van der Waals surface area contributed by atoms with E-state index < -0.39 is 6.29 Å². The van der Waals surface area contributed by atoms with E-state index in [0.717, 1.165) is 0 Å². The molecule has 0 radical (unpaired) electrons. The molecule has 9 heavy (non-hydrogen) atoms. The fourth-order valence-electron chi connectivity index (χ4n) is 0.762. The molecule has 0 bridgehead atoms. The minimum absolute atomic E-state index is 0.0264. The summed E-state index contributed by atoms with van der Waals surface area (Å²) in [5, 5.41) is 17.3. The topological polar surface area (TPSA) is 49.7 Å². The Labute approximate surface area is 53.6 Å². The lowest BCUT2D eigenvalue weighted by molar-refractivity contribution is -0.123. The van der Waals surface area contributed by atoms with Gasteiger partial charge < -0.3 is 14.9 Å². The van der Waals surface area contributed by atoms with E-state index in [-0.39, 0.29) is 12.7 Å². The highest BCUT2D eigenvalue weighted by atomic mass is 16.6. The largest absolute Gasteiger partial charge is 0.394 e. The van der Waals surface area contributed by atoms with Crippen LogP contribution in [-0.2, 0) is 4.74 Å². The van der Waals surface area contributed by atoms with Crippen molar-refractivity contribution in [2.75, 3.05) is 6.61 Å². The molecule has 2 atom stereocenters. The monoisotopic (exact) mass is 130 g/mol. The summed E-state index contributed by atoms with van der Waals surface area (Å²) < 4.78 is 4.85. The summed E-state index contributed by atoms with van der Waals surface area (Å²) in [5.74, 6) is 0. The second kappa shape index (κ2) is 2.96. The van der Waals surface area contributed by atoms with Crippen LogP contribution in [0.3, 0.4) is 0 Å². The molecule has 3 nitrogen and oxygen atoms in total. The molecular formula is C6H10O3. The Balaban J connectivity index is 2.38. The van der Waals surface area contributed by atoms with Crippen LogP contribution in [0.1, 0.15) is 6.42 Å². The molecular weight excluding hydrogens is 120 g/mol. The molecule has 1 aliphatic heterocycles. The summed E-state index contributed by atoms with van der Waals surface area (Å²) in [7, 11) is 0. The summed E-state index contributed by atoms with van der Waals surface area (Å²) in [6, 6.07) is 0. The Hall–Kier alpha value is -0.380. The lowest BCUT2D eigenvalue weighted by Gasteiger charge is -2.19. The maximum absolute atomic E-state index is 8.79. The van der Waals surface area contributed by atoms with Crippen LogP contribution in [-0.4, -0.2) is 29.2 Å². The standard InChI is InChI=1S/C6H10O3/c7-4-5-2-1-3-6(8)9-5/h1,3,5-8H,2,4H2/t5-,6?/m0/s1. The van der Waals surface area contributed by atoms with Crippen LogP contribution >= 0.6 is 0 Å². The minimum atomic E-state index is -0.823. The summed E-state index contributed by atoms with van der Waals surface area (Å²) in [6.45, 7) is -0.0264. The van der Waals surface area contributed by atoms with Crippen molar-refractivity contribution in [3.63, 3.8) is 0 Å². The second-order valence-electron chi connectivity index (χ2n) is 2.00. The van der Waals surface area contributed by atoms with Crippen LogP contribution in [0.2, 0.25) is 0 Å². The van der Waals surface area contributed by atoms with Crippen molar-refractivity contribution in [2.24, 2.45) is 0 Å². The third-order valence-corrected chi connectivity index (χ3v) is 1.24. The first-order valence-electron chi connectivity index (χ1n) is 2.94. The highest BCUT2D eigenvalue weighted by Gasteiger charge is 2.13. The lowest BCUT2D eigenvalue weighted by atomic mass is 10.2. The third kappa shape index (κ3) is 1.78. The normalized spacial score (nSPS) is 34.9. The number of aliphatic hydroxyl groups is 2. The molecule has 0 aromatic heterocycles. The molecule has 0 aromatic carbocycles. The summed E-state index contributed by atoms with van der Waals surface area (Å²) in [4.78, 5) is 0. The molecule has 1 aliphatic rings. The molecule has 0 saturated heterocycles. The van der Waals surface area contributed by atoms with Gasteiger partial charge in [-0.1, -0.05) is 6.08 Å². The molecule has 2 N–H and O–H groups in total. The van der Waals surface area contributed by atoms with E-state index in [2.05, 4.69) is 0 Å². The summed E-state index contributed by atoms with van der Waals surface area (Å²) >= 11 is 0. The van der Waals surface area contributed by atoms with E-state index in [4.69, 9.17) is 14.9 Å². The van der Waals surface area contributed by atoms with E-state index in [9.17, 15) is 0 Å². The molecule has 3 heteroatoms. The van der Waals surface area contributed by atoms with Crippen molar-refractivity contribution in [2.45, 2.75) is 18.8 Å². The average Bonchev–Trinajstić information content (AvgIpc) is 1.88. The fraction of sp³-hybridized carbons (Fsp3) is 0.667. The number of hydrogen-bond donors (Lipinski definition) is 2. The first-order valence-corrected chi connectivity index (χ1v) is 2.94. The summed E-state index contributed by atoms with van der Waals surface area (Å²) in [5.41, 5.74) is 0.